The van der Waals surface area contributed by atoms with E-state index in [4.69, 9.17) is 0 Å². The van der Waals surface area contributed by atoms with E-state index in [1.165, 1.54) is 4.40 Å². The van der Waals surface area contributed by atoms with Gasteiger partial charge in [-0.15, -0.1) is 0 Å². The van der Waals surface area contributed by atoms with Gasteiger partial charge in [-0.3, -0.25) is 14.2 Å². The van der Waals surface area contributed by atoms with E-state index < -0.39 is 5.69 Å². The number of benzene rings is 1. The maximum absolute atomic E-state index is 12.1. The van der Waals surface area contributed by atoms with Crippen molar-refractivity contribution in [2.75, 3.05) is 0 Å². The van der Waals surface area contributed by atoms with E-state index in [-0.39, 0.29) is 5.56 Å². The Morgan fingerprint density at radius 1 is 1.00 bits per heavy atom. The molecule has 0 saturated carbocycles. The van der Waals surface area contributed by atoms with Crippen molar-refractivity contribution in [3.63, 3.8) is 0 Å². The van der Waals surface area contributed by atoms with E-state index in [0.29, 0.717) is 11.1 Å². The van der Waals surface area contributed by atoms with E-state index in [1.807, 2.05) is 37.3 Å². The highest BCUT2D eigenvalue weighted by Crippen LogP contribution is 2.22. The molecule has 4 nitrogen and oxygen atoms in total. The smallest absolute Gasteiger partial charge is 0.273 e. The minimum atomic E-state index is -0.419. The molecular weight excluding hydrogens is 240 g/mol. The Hall–Kier alpha value is -2.62. The minimum absolute atomic E-state index is 0.356. The van der Waals surface area contributed by atoms with Crippen LogP contribution in [-0.4, -0.2) is 9.38 Å². The van der Waals surface area contributed by atoms with Crippen LogP contribution in [0.2, 0.25) is 0 Å². The molecule has 4 heteroatoms. The Bertz CT molecular complexity index is 875. The SMILES string of the molecule is Cc1ccccc1-c1c(=O)[nH]c(=O)n2ccccc12. The second-order valence-corrected chi connectivity index (χ2v) is 4.41. The number of hydrogen-bond donors (Lipinski definition) is 1. The fourth-order valence-corrected chi connectivity index (χ4v) is 2.27. The number of hydrogen-bond acceptors (Lipinski definition) is 2. The Kier molecular flexibility index (Phi) is 2.56. The van der Waals surface area contributed by atoms with E-state index in [2.05, 4.69) is 4.98 Å². The molecule has 0 amide bonds. The van der Waals surface area contributed by atoms with Gasteiger partial charge in [0.1, 0.15) is 0 Å². The monoisotopic (exact) mass is 252 g/mol. The standard InChI is InChI=1S/C15H12N2O2/c1-10-6-2-3-7-11(10)13-12-8-4-5-9-17(12)15(19)16-14(13)18/h2-9H,1H3,(H,16,18,19). The zero-order chi connectivity index (χ0) is 13.4. The highest BCUT2D eigenvalue weighted by molar-refractivity contribution is 5.80. The third-order valence-electron chi connectivity index (χ3n) is 3.20. The molecule has 0 unspecified atom stereocenters. The van der Waals surface area contributed by atoms with Crippen molar-refractivity contribution in [2.24, 2.45) is 0 Å². The largest absolute Gasteiger partial charge is 0.332 e. The molecule has 0 bridgehead atoms. The lowest BCUT2D eigenvalue weighted by Crippen LogP contribution is -2.27. The zero-order valence-electron chi connectivity index (χ0n) is 10.4. The molecule has 0 saturated heterocycles. The van der Waals surface area contributed by atoms with Gasteiger partial charge >= 0.3 is 5.69 Å². The molecule has 0 aliphatic rings. The van der Waals surface area contributed by atoms with Gasteiger partial charge in [-0.25, -0.2) is 4.79 Å². The van der Waals surface area contributed by atoms with Crippen LogP contribution in [-0.2, 0) is 0 Å². The zero-order valence-corrected chi connectivity index (χ0v) is 10.4. The van der Waals surface area contributed by atoms with Gasteiger partial charge in [0, 0.05) is 6.20 Å². The van der Waals surface area contributed by atoms with Crippen molar-refractivity contribution < 1.29 is 0 Å². The van der Waals surface area contributed by atoms with Crippen LogP contribution in [0.25, 0.3) is 16.6 Å². The molecular formula is C15H12N2O2. The molecule has 0 fully saturated rings. The summed E-state index contributed by atoms with van der Waals surface area (Å²) in [6.07, 6.45) is 1.65. The number of rotatable bonds is 1. The molecule has 19 heavy (non-hydrogen) atoms. The highest BCUT2D eigenvalue weighted by atomic mass is 16.2. The lowest BCUT2D eigenvalue weighted by molar-refractivity contribution is 0.972. The van der Waals surface area contributed by atoms with Gasteiger partial charge in [-0.05, 0) is 30.2 Å². The van der Waals surface area contributed by atoms with Crippen molar-refractivity contribution in [2.45, 2.75) is 6.92 Å². The molecule has 1 N–H and O–H groups in total. The normalized spacial score (nSPS) is 10.8. The number of H-pyrrole nitrogens is 1. The summed E-state index contributed by atoms with van der Waals surface area (Å²) >= 11 is 0. The van der Waals surface area contributed by atoms with Crippen LogP contribution in [0.15, 0.2) is 58.3 Å². The van der Waals surface area contributed by atoms with Crippen molar-refractivity contribution in [1.29, 1.82) is 0 Å². The number of pyridine rings is 1. The third-order valence-corrected chi connectivity index (χ3v) is 3.20. The number of nitrogens with one attached hydrogen (secondary N) is 1. The molecule has 0 aliphatic carbocycles. The molecule has 0 spiro atoms. The van der Waals surface area contributed by atoms with Gasteiger partial charge < -0.3 is 0 Å². The van der Waals surface area contributed by atoms with Crippen molar-refractivity contribution in [1.82, 2.24) is 9.38 Å². The molecule has 0 radical (unpaired) electrons. The van der Waals surface area contributed by atoms with Gasteiger partial charge in [0.2, 0.25) is 0 Å². The summed E-state index contributed by atoms with van der Waals surface area (Å²) in [6, 6.07) is 13.0. The lowest BCUT2D eigenvalue weighted by atomic mass is 10.0. The topological polar surface area (TPSA) is 54.3 Å². The molecule has 0 aliphatic heterocycles. The van der Waals surface area contributed by atoms with Crippen LogP contribution < -0.4 is 11.2 Å². The van der Waals surface area contributed by atoms with Crippen LogP contribution >= 0.6 is 0 Å². The lowest BCUT2D eigenvalue weighted by Gasteiger charge is -2.08. The second-order valence-electron chi connectivity index (χ2n) is 4.41. The molecule has 1 aromatic carbocycles. The highest BCUT2D eigenvalue weighted by Gasteiger charge is 2.11. The number of fused-ring (bicyclic) bond motifs is 1. The Morgan fingerprint density at radius 3 is 2.53 bits per heavy atom. The molecule has 0 atom stereocenters. The first-order chi connectivity index (χ1) is 9.18. The molecule has 3 aromatic rings. The first-order valence-corrected chi connectivity index (χ1v) is 5.98. The Balaban J connectivity index is 2.52. The van der Waals surface area contributed by atoms with Crippen LogP contribution in [0.3, 0.4) is 0 Å². The molecule has 2 aromatic heterocycles. The van der Waals surface area contributed by atoms with Gasteiger partial charge in [-0.1, -0.05) is 30.3 Å². The summed E-state index contributed by atoms with van der Waals surface area (Å²) in [6.45, 7) is 1.94. The van der Waals surface area contributed by atoms with Crippen molar-refractivity contribution >= 4 is 5.52 Å². The van der Waals surface area contributed by atoms with E-state index in [0.717, 1.165) is 11.1 Å². The fraction of sp³-hybridized carbons (Fsp3) is 0.0667. The van der Waals surface area contributed by atoms with Crippen LogP contribution in [0, 0.1) is 6.92 Å². The summed E-state index contributed by atoms with van der Waals surface area (Å²) in [5, 5.41) is 0. The third kappa shape index (κ3) is 1.78. The number of aromatic nitrogens is 2. The van der Waals surface area contributed by atoms with Gasteiger partial charge in [0.05, 0.1) is 11.1 Å². The van der Waals surface area contributed by atoms with Crippen molar-refractivity contribution in [3.8, 4) is 11.1 Å². The second kappa shape index (κ2) is 4.24. The summed E-state index contributed by atoms with van der Waals surface area (Å²) in [7, 11) is 0. The van der Waals surface area contributed by atoms with Gasteiger partial charge in [0.15, 0.2) is 0 Å². The molecule has 94 valence electrons. The van der Waals surface area contributed by atoms with E-state index in [9.17, 15) is 9.59 Å². The summed E-state index contributed by atoms with van der Waals surface area (Å²) in [5.41, 5.74) is 2.21. The predicted molar refractivity (Wildman–Crippen MR) is 74.5 cm³/mol. The van der Waals surface area contributed by atoms with E-state index >= 15 is 0 Å². The van der Waals surface area contributed by atoms with Crippen LogP contribution in [0.1, 0.15) is 5.56 Å². The van der Waals surface area contributed by atoms with E-state index in [1.54, 1.807) is 18.3 Å². The number of aryl methyl sites for hydroxylation is 1. The minimum Gasteiger partial charge on any atom is -0.273 e. The predicted octanol–water partition coefficient (Wildman–Crippen LogP) is 1.96. The fourth-order valence-electron chi connectivity index (χ4n) is 2.27. The molecule has 2 heterocycles. The van der Waals surface area contributed by atoms with Crippen molar-refractivity contribution in [3.05, 3.63) is 75.1 Å². The first-order valence-electron chi connectivity index (χ1n) is 5.98. The average Bonchev–Trinajstić information content (AvgIpc) is 2.41. The Morgan fingerprint density at radius 2 is 1.74 bits per heavy atom. The van der Waals surface area contributed by atoms with Crippen LogP contribution in [0.4, 0.5) is 0 Å². The van der Waals surface area contributed by atoms with Crippen LogP contribution in [0.5, 0.6) is 0 Å². The first kappa shape index (κ1) is 11.5. The molecule has 3 rings (SSSR count). The quantitative estimate of drug-likeness (QED) is 0.719. The summed E-state index contributed by atoms with van der Waals surface area (Å²) < 4.78 is 1.45. The van der Waals surface area contributed by atoms with Gasteiger partial charge in [-0.2, -0.15) is 0 Å². The maximum Gasteiger partial charge on any atom is 0.332 e. The summed E-state index contributed by atoms with van der Waals surface area (Å²) in [4.78, 5) is 26.3. The van der Waals surface area contributed by atoms with Gasteiger partial charge in [0.25, 0.3) is 5.56 Å². The number of nitrogens with zero attached hydrogens (tertiary/aromatic N) is 1. The Labute approximate surface area is 109 Å². The maximum atomic E-state index is 12.1. The summed E-state index contributed by atoms with van der Waals surface area (Å²) in [5.74, 6) is 0. The average molecular weight is 252 g/mol. The number of aromatic amines is 1.